The van der Waals surface area contributed by atoms with Crippen LogP contribution in [-0.4, -0.2) is 15.0 Å². The largest absolute Gasteiger partial charge is 0.398 e. The molecule has 0 atom stereocenters. The molecule has 2 N–H and O–H groups in total. The molecule has 0 saturated carbocycles. The molecule has 4 nitrogen and oxygen atoms in total. The molecule has 0 radical (unpaired) electrons. The minimum Gasteiger partial charge on any atom is -0.398 e. The van der Waals surface area contributed by atoms with E-state index in [0.29, 0.717) is 5.82 Å². The number of rotatable bonds is 5. The quantitative estimate of drug-likeness (QED) is 0.177. The third-order valence-corrected chi connectivity index (χ3v) is 13.2. The van der Waals surface area contributed by atoms with Crippen molar-refractivity contribution in [1.29, 1.82) is 0 Å². The van der Waals surface area contributed by atoms with Gasteiger partial charge in [-0.05, 0) is 87.4 Å². The summed E-state index contributed by atoms with van der Waals surface area (Å²) in [6.07, 6.45) is 17.0. The Kier molecular flexibility index (Phi) is 8.04. The molecule has 0 fully saturated rings. The van der Waals surface area contributed by atoms with Crippen LogP contribution >= 0.6 is 11.8 Å². The number of fused-ring (bicyclic) bond motifs is 9. The molecule has 0 unspecified atom stereocenters. The summed E-state index contributed by atoms with van der Waals surface area (Å²) in [5.74, 6) is 2.18. The van der Waals surface area contributed by atoms with Crippen LogP contribution in [0.2, 0.25) is 0 Å². The Morgan fingerprint density at radius 3 is 1.77 bits per heavy atom. The molecule has 272 valence electrons. The van der Waals surface area contributed by atoms with Crippen molar-refractivity contribution in [2.24, 2.45) is 0 Å². The van der Waals surface area contributed by atoms with Crippen LogP contribution < -0.4 is 5.73 Å². The van der Waals surface area contributed by atoms with Gasteiger partial charge in [0, 0.05) is 32.2 Å². The topological polar surface area (TPSA) is 64.7 Å². The van der Waals surface area contributed by atoms with Crippen LogP contribution in [0.1, 0.15) is 59.6 Å². The fourth-order valence-electron chi connectivity index (χ4n) is 9.27. The van der Waals surface area contributed by atoms with Crippen LogP contribution in [0, 0.1) is 0 Å². The summed E-state index contributed by atoms with van der Waals surface area (Å²) < 4.78 is 0. The van der Waals surface area contributed by atoms with E-state index in [1.54, 1.807) is 0 Å². The van der Waals surface area contributed by atoms with Crippen molar-refractivity contribution in [3.05, 3.63) is 204 Å². The van der Waals surface area contributed by atoms with Crippen molar-refractivity contribution in [2.45, 2.75) is 40.9 Å². The Labute approximate surface area is 337 Å². The van der Waals surface area contributed by atoms with Gasteiger partial charge in [-0.2, -0.15) is 0 Å². The first kappa shape index (κ1) is 33.8. The van der Waals surface area contributed by atoms with Gasteiger partial charge < -0.3 is 5.73 Å². The number of nitrogen functional groups attached to an aromatic ring is 1. The molecule has 3 aliphatic carbocycles. The van der Waals surface area contributed by atoms with E-state index < -0.39 is 5.41 Å². The van der Waals surface area contributed by atoms with E-state index in [-0.39, 0.29) is 0 Å². The molecule has 7 aromatic rings. The van der Waals surface area contributed by atoms with Gasteiger partial charge in [0.25, 0.3) is 0 Å². The Balaban J connectivity index is 1.10. The predicted molar refractivity (Wildman–Crippen MR) is 235 cm³/mol. The minimum absolute atomic E-state index is 0.512. The van der Waals surface area contributed by atoms with E-state index in [1.807, 2.05) is 23.9 Å². The number of nitrogens with two attached hydrogens (primary N) is 1. The van der Waals surface area contributed by atoms with Gasteiger partial charge in [-0.15, -0.1) is 0 Å². The Hall–Kier alpha value is -6.56. The van der Waals surface area contributed by atoms with Crippen LogP contribution in [0.15, 0.2) is 180 Å². The van der Waals surface area contributed by atoms with Crippen molar-refractivity contribution < 1.29 is 0 Å². The second-order valence-corrected chi connectivity index (χ2v) is 16.1. The second-order valence-electron chi connectivity index (χ2n) is 15.1. The summed E-state index contributed by atoms with van der Waals surface area (Å²) in [4.78, 5) is 17.6. The van der Waals surface area contributed by atoms with Gasteiger partial charge in [0.1, 0.15) is 0 Å². The zero-order chi connectivity index (χ0) is 37.9. The number of anilines is 1. The summed E-state index contributed by atoms with van der Waals surface area (Å²) in [6.45, 7) is 0. The predicted octanol–water partition coefficient (Wildman–Crippen LogP) is 12.7. The Bertz CT molecular complexity index is 2850. The molecule has 6 aromatic carbocycles. The van der Waals surface area contributed by atoms with Gasteiger partial charge in [-0.25, -0.2) is 15.0 Å². The molecule has 0 bridgehead atoms. The highest BCUT2D eigenvalue weighted by Crippen LogP contribution is 2.64. The van der Waals surface area contributed by atoms with Crippen molar-refractivity contribution in [3.63, 3.8) is 0 Å². The molecule has 1 spiro atoms. The third kappa shape index (κ3) is 5.33. The number of para-hydroxylation sites is 1. The number of benzene rings is 6. The molecule has 0 amide bonds. The van der Waals surface area contributed by atoms with Gasteiger partial charge in [-0.1, -0.05) is 176 Å². The zero-order valence-electron chi connectivity index (χ0n) is 31.3. The SMILES string of the molecule is Nc1ccccc1-c1cccc2c1Sc1c(-c3ccc(-c4nc(C5=CCCC=C5)nc(C5=CC=CCC5)n4)cc3)cccc1C21c2ccccc2-c2ccccc21. The number of hydrogen-bond donors (Lipinski definition) is 1. The van der Waals surface area contributed by atoms with E-state index in [4.69, 9.17) is 20.7 Å². The van der Waals surface area contributed by atoms with Crippen LogP contribution in [0.25, 0.3) is 55.9 Å². The van der Waals surface area contributed by atoms with Gasteiger partial charge in [0.15, 0.2) is 17.5 Å². The number of aromatic nitrogens is 3. The fraction of sp³-hybridized carbons (Fsp3) is 0.0962. The smallest absolute Gasteiger partial charge is 0.164 e. The number of allylic oxidation sites excluding steroid dienone is 8. The van der Waals surface area contributed by atoms with Crippen molar-refractivity contribution in [2.75, 3.05) is 5.73 Å². The van der Waals surface area contributed by atoms with Gasteiger partial charge in [0.05, 0.1) is 5.41 Å². The highest BCUT2D eigenvalue weighted by molar-refractivity contribution is 7.99. The Morgan fingerprint density at radius 2 is 1.09 bits per heavy atom. The summed E-state index contributed by atoms with van der Waals surface area (Å²) in [5.41, 5.74) is 22.5. The maximum Gasteiger partial charge on any atom is 0.164 e. The molecule has 0 saturated heterocycles. The van der Waals surface area contributed by atoms with Crippen LogP contribution in [-0.2, 0) is 5.41 Å². The average molecular weight is 751 g/mol. The molecule has 4 aliphatic rings. The van der Waals surface area contributed by atoms with E-state index >= 15 is 0 Å². The summed E-state index contributed by atoms with van der Waals surface area (Å²) in [7, 11) is 0. The first-order chi connectivity index (χ1) is 28.2. The number of hydrogen-bond acceptors (Lipinski definition) is 5. The van der Waals surface area contributed by atoms with Crippen molar-refractivity contribution in [3.8, 4) is 44.8 Å². The first-order valence-electron chi connectivity index (χ1n) is 19.8. The molecule has 11 rings (SSSR count). The molecule has 5 heteroatoms. The van der Waals surface area contributed by atoms with Crippen molar-refractivity contribution >= 4 is 28.6 Å². The van der Waals surface area contributed by atoms with Gasteiger partial charge >= 0.3 is 0 Å². The first-order valence-corrected chi connectivity index (χ1v) is 20.6. The molecule has 1 aromatic heterocycles. The molecular weight excluding hydrogens is 713 g/mol. The lowest BCUT2D eigenvalue weighted by Gasteiger charge is -2.41. The van der Waals surface area contributed by atoms with E-state index in [2.05, 4.69) is 158 Å². The lowest BCUT2D eigenvalue weighted by Crippen LogP contribution is -2.32. The van der Waals surface area contributed by atoms with Crippen LogP contribution in [0.4, 0.5) is 5.69 Å². The average Bonchev–Trinajstić information content (AvgIpc) is 3.57. The summed E-state index contributed by atoms with van der Waals surface area (Å²) >= 11 is 1.87. The molecular formula is C52H38N4S. The molecule has 1 aliphatic heterocycles. The third-order valence-electron chi connectivity index (χ3n) is 11.9. The summed E-state index contributed by atoms with van der Waals surface area (Å²) in [5, 5.41) is 0. The second kappa shape index (κ2) is 13.6. The van der Waals surface area contributed by atoms with Gasteiger partial charge in [-0.3, -0.25) is 0 Å². The highest BCUT2D eigenvalue weighted by Gasteiger charge is 2.51. The fourth-order valence-corrected chi connectivity index (χ4v) is 10.7. The molecule has 57 heavy (non-hydrogen) atoms. The number of nitrogens with zero attached hydrogens (tertiary/aromatic N) is 3. The maximum absolute atomic E-state index is 6.73. The molecule has 2 heterocycles. The lowest BCUT2D eigenvalue weighted by atomic mass is 9.66. The van der Waals surface area contributed by atoms with Crippen molar-refractivity contribution in [1.82, 2.24) is 15.0 Å². The zero-order valence-corrected chi connectivity index (χ0v) is 32.1. The summed E-state index contributed by atoms with van der Waals surface area (Å²) in [6, 6.07) is 48.6. The van der Waals surface area contributed by atoms with E-state index in [1.165, 1.54) is 48.7 Å². The van der Waals surface area contributed by atoms with E-state index in [9.17, 15) is 0 Å². The van der Waals surface area contributed by atoms with Crippen LogP contribution in [0.5, 0.6) is 0 Å². The van der Waals surface area contributed by atoms with E-state index in [0.717, 1.165) is 76.4 Å². The minimum atomic E-state index is -0.512. The lowest BCUT2D eigenvalue weighted by molar-refractivity contribution is 0.724. The monoisotopic (exact) mass is 750 g/mol. The van der Waals surface area contributed by atoms with Gasteiger partial charge in [0.2, 0.25) is 0 Å². The normalized spacial score (nSPS) is 15.6. The van der Waals surface area contributed by atoms with Crippen LogP contribution in [0.3, 0.4) is 0 Å². The standard InChI is InChI=1S/C52H38N4S/c53-46-28-12-9-21-40(46)41-23-14-27-45-48(41)57-47-37(22-13-26-44(47)52(45)42-24-10-7-19-38(42)39-20-8-11-25-43(39)52)33-29-31-36(32-30-33)51-55-49(34-15-3-1-4-16-34)54-50(56-51)35-17-5-2-6-18-35/h1,3,5,7-15,17-32H,2,4,6,16,53H2. The highest BCUT2D eigenvalue weighted by atomic mass is 32.2. The Morgan fingerprint density at radius 1 is 0.491 bits per heavy atom. The maximum atomic E-state index is 6.73.